The Kier molecular flexibility index (Phi) is 4.54. The number of piperidine rings is 1. The van der Waals surface area contributed by atoms with Crippen LogP contribution in [0.25, 0.3) is 42.4 Å². The highest BCUT2D eigenvalue weighted by atomic mass is 32.1. The minimum atomic E-state index is -1.02. The first-order valence-electron chi connectivity index (χ1n) is 11.5. The summed E-state index contributed by atoms with van der Waals surface area (Å²) in [7, 11) is 2.20. The zero-order chi connectivity index (χ0) is 23.7. The molecule has 10 nitrogen and oxygen atoms in total. The van der Waals surface area contributed by atoms with Gasteiger partial charge in [-0.2, -0.15) is 5.10 Å². The summed E-state index contributed by atoms with van der Waals surface area (Å²) in [5.74, 6) is -1.02. The third-order valence-electron chi connectivity index (χ3n) is 7.22. The summed E-state index contributed by atoms with van der Waals surface area (Å²) in [6.07, 6.45) is 8.86. The summed E-state index contributed by atoms with van der Waals surface area (Å²) < 4.78 is 0. The highest BCUT2D eigenvalue weighted by Gasteiger charge is 2.48. The van der Waals surface area contributed by atoms with Gasteiger partial charge >= 0.3 is 5.97 Å². The Bertz CT molecular complexity index is 1550. The van der Waals surface area contributed by atoms with Gasteiger partial charge in [-0.05, 0) is 38.9 Å². The molecular weight excluding hydrogens is 484 g/mol. The van der Waals surface area contributed by atoms with Gasteiger partial charge in [-0.3, -0.25) is 10.1 Å². The van der Waals surface area contributed by atoms with Crippen LogP contribution in [-0.4, -0.2) is 78.3 Å². The number of carbonyl (C=O) groups is 1. The maximum absolute atomic E-state index is 11.7. The van der Waals surface area contributed by atoms with Crippen LogP contribution in [-0.2, 0) is 0 Å². The Labute approximate surface area is 207 Å². The van der Waals surface area contributed by atoms with Crippen molar-refractivity contribution in [2.24, 2.45) is 0 Å². The van der Waals surface area contributed by atoms with Gasteiger partial charge in [0.1, 0.15) is 16.4 Å². The summed E-state index contributed by atoms with van der Waals surface area (Å²) in [5, 5.41) is 18.9. The lowest BCUT2D eigenvalue weighted by Gasteiger charge is -2.56. The number of aromatic nitrogens is 6. The molecule has 0 aromatic carbocycles. The lowest BCUT2D eigenvalue weighted by molar-refractivity contribution is 0.0691. The number of pyridine rings is 1. The molecule has 0 aliphatic carbocycles. The predicted octanol–water partition coefficient (Wildman–Crippen LogP) is 4.06. The highest BCUT2D eigenvalue weighted by molar-refractivity contribution is 7.29. The second kappa shape index (κ2) is 7.57. The Morgan fingerprint density at radius 3 is 2.77 bits per heavy atom. The lowest BCUT2D eigenvalue weighted by Crippen LogP contribution is -2.66. The molecule has 1 unspecified atom stereocenters. The zero-order valence-electron chi connectivity index (χ0n) is 18.9. The van der Waals surface area contributed by atoms with E-state index in [2.05, 4.69) is 37.0 Å². The predicted molar refractivity (Wildman–Crippen MR) is 136 cm³/mol. The number of nitrogens with one attached hydrogen (secondary N) is 2. The molecule has 178 valence electrons. The number of likely N-dealkylation sites (N-methyl/N-ethyl adjacent to an activating group) is 1. The molecule has 5 aromatic rings. The monoisotopic (exact) mass is 506 g/mol. The number of hydrogen-bond acceptors (Lipinski definition) is 9. The van der Waals surface area contributed by atoms with Crippen molar-refractivity contribution in [2.75, 3.05) is 31.6 Å². The van der Waals surface area contributed by atoms with Crippen molar-refractivity contribution in [3.05, 3.63) is 30.4 Å². The molecule has 2 fully saturated rings. The molecule has 3 N–H and O–H groups in total. The van der Waals surface area contributed by atoms with Gasteiger partial charge in [0.2, 0.25) is 0 Å². The summed E-state index contributed by atoms with van der Waals surface area (Å²) in [4.78, 5) is 35.9. The smallest absolute Gasteiger partial charge is 0.352 e. The van der Waals surface area contributed by atoms with Crippen LogP contribution < -0.4 is 4.90 Å². The van der Waals surface area contributed by atoms with E-state index in [1.165, 1.54) is 30.6 Å². The minimum Gasteiger partial charge on any atom is -0.477 e. The number of anilines is 1. The molecule has 5 aromatic heterocycles. The van der Waals surface area contributed by atoms with Crippen molar-refractivity contribution in [1.29, 1.82) is 0 Å². The first kappa shape index (κ1) is 21.0. The second-order valence-corrected chi connectivity index (χ2v) is 11.3. The first-order valence-corrected chi connectivity index (χ1v) is 13.1. The van der Waals surface area contributed by atoms with Crippen molar-refractivity contribution >= 4 is 54.3 Å². The van der Waals surface area contributed by atoms with E-state index < -0.39 is 5.97 Å². The molecule has 2 aliphatic heterocycles. The number of hydrogen-bond donors (Lipinski definition) is 3. The quantitative estimate of drug-likeness (QED) is 0.333. The van der Waals surface area contributed by atoms with Crippen LogP contribution >= 0.6 is 22.7 Å². The van der Waals surface area contributed by atoms with E-state index in [4.69, 9.17) is 9.97 Å². The topological polar surface area (TPSA) is 127 Å². The number of carboxylic acids is 1. The number of aromatic amines is 2. The zero-order valence-corrected chi connectivity index (χ0v) is 20.5. The van der Waals surface area contributed by atoms with Gasteiger partial charge in [0.15, 0.2) is 14.8 Å². The van der Waals surface area contributed by atoms with Crippen LogP contribution in [0.1, 0.15) is 29.8 Å². The standard InChI is InChI=1S/C23H22N8O2S2/c1-30-5-2-3-23(11-30)4-6-31(23)22-29-20-19(35-22)28-18(34-20)17-16-13(7-15(27-16)21(32)33)14(10-24-17)12-8-25-26-9-12/h7-10,27H,2-6,11H2,1H3,(H,25,26)(H,32,33). The van der Waals surface area contributed by atoms with Crippen molar-refractivity contribution in [2.45, 2.75) is 24.8 Å². The third-order valence-corrected chi connectivity index (χ3v) is 9.28. The average molecular weight is 507 g/mol. The Hall–Kier alpha value is -3.35. The number of fused-ring (bicyclic) bond motifs is 2. The van der Waals surface area contributed by atoms with Crippen LogP contribution in [0.4, 0.5) is 5.13 Å². The van der Waals surface area contributed by atoms with E-state index in [1.807, 2.05) is 0 Å². The third kappa shape index (κ3) is 3.20. The molecule has 2 aliphatic rings. The summed E-state index contributed by atoms with van der Waals surface area (Å²) >= 11 is 3.13. The maximum Gasteiger partial charge on any atom is 0.352 e. The van der Waals surface area contributed by atoms with Crippen molar-refractivity contribution in [1.82, 2.24) is 35.0 Å². The van der Waals surface area contributed by atoms with E-state index in [1.54, 1.807) is 36.0 Å². The summed E-state index contributed by atoms with van der Waals surface area (Å²) in [6, 6.07) is 1.64. The number of likely N-dealkylation sites (tertiary alicyclic amines) is 1. The van der Waals surface area contributed by atoms with Gasteiger partial charge in [0, 0.05) is 42.0 Å². The Morgan fingerprint density at radius 1 is 1.17 bits per heavy atom. The van der Waals surface area contributed by atoms with E-state index in [0.29, 0.717) is 11.2 Å². The van der Waals surface area contributed by atoms with E-state index in [0.717, 1.165) is 55.9 Å². The Morgan fingerprint density at radius 2 is 2.06 bits per heavy atom. The molecule has 12 heteroatoms. The van der Waals surface area contributed by atoms with E-state index in [9.17, 15) is 9.90 Å². The van der Waals surface area contributed by atoms with Crippen molar-refractivity contribution < 1.29 is 9.90 Å². The maximum atomic E-state index is 11.7. The molecule has 7 heterocycles. The molecule has 1 spiro atoms. The molecule has 0 amide bonds. The summed E-state index contributed by atoms with van der Waals surface area (Å²) in [5.41, 5.74) is 3.25. The van der Waals surface area contributed by atoms with E-state index >= 15 is 0 Å². The van der Waals surface area contributed by atoms with Crippen LogP contribution in [0.5, 0.6) is 0 Å². The number of aromatic carboxylic acids is 1. The molecule has 7 rings (SSSR count). The fourth-order valence-corrected chi connectivity index (χ4v) is 7.65. The number of thiazole rings is 2. The molecule has 1 atom stereocenters. The van der Waals surface area contributed by atoms with Crippen molar-refractivity contribution in [3.63, 3.8) is 0 Å². The molecule has 0 bridgehead atoms. The van der Waals surface area contributed by atoms with Crippen LogP contribution in [0.15, 0.2) is 24.7 Å². The Balaban J connectivity index is 1.28. The number of nitrogens with zero attached hydrogens (tertiary/aromatic N) is 6. The van der Waals surface area contributed by atoms with Gasteiger partial charge in [-0.25, -0.2) is 14.8 Å². The van der Waals surface area contributed by atoms with Crippen molar-refractivity contribution in [3.8, 4) is 21.8 Å². The SMILES string of the molecule is CN1CCCC2(CCN2c2nc3sc(-c4ncc(-c5cn[nH]c5)c5cc(C(=O)O)[nH]c45)nc3s2)C1. The van der Waals surface area contributed by atoms with Crippen LogP contribution in [0, 0.1) is 0 Å². The largest absolute Gasteiger partial charge is 0.477 e. The van der Waals surface area contributed by atoms with Gasteiger partial charge < -0.3 is 19.9 Å². The lowest BCUT2D eigenvalue weighted by atomic mass is 9.78. The van der Waals surface area contributed by atoms with Gasteiger partial charge in [-0.15, -0.1) is 0 Å². The molecule has 0 saturated carbocycles. The second-order valence-electron chi connectivity index (χ2n) is 9.38. The van der Waals surface area contributed by atoms with Gasteiger partial charge in [-0.1, -0.05) is 22.7 Å². The number of carboxylic acid groups (broad SMARTS) is 1. The molecule has 35 heavy (non-hydrogen) atoms. The normalized spacial score (nSPS) is 20.8. The fraction of sp³-hybridized carbons (Fsp3) is 0.348. The highest BCUT2D eigenvalue weighted by Crippen LogP contribution is 2.46. The van der Waals surface area contributed by atoms with Gasteiger partial charge in [0.25, 0.3) is 0 Å². The molecule has 0 radical (unpaired) electrons. The van der Waals surface area contributed by atoms with Crippen LogP contribution in [0.3, 0.4) is 0 Å². The summed E-state index contributed by atoms with van der Waals surface area (Å²) in [6.45, 7) is 3.29. The first-order chi connectivity index (χ1) is 17.0. The average Bonchev–Trinajstić information content (AvgIpc) is 3.60. The van der Waals surface area contributed by atoms with Crippen LogP contribution in [0.2, 0.25) is 0 Å². The minimum absolute atomic E-state index is 0.110. The van der Waals surface area contributed by atoms with E-state index in [-0.39, 0.29) is 11.2 Å². The molecule has 2 saturated heterocycles. The fourth-order valence-electron chi connectivity index (χ4n) is 5.47. The molecular formula is C23H22N8O2S2. The van der Waals surface area contributed by atoms with Gasteiger partial charge in [0.05, 0.1) is 17.3 Å². The number of rotatable bonds is 4. The number of H-pyrrole nitrogens is 2.